The van der Waals surface area contributed by atoms with E-state index in [2.05, 4.69) is 29.7 Å². The highest BCUT2D eigenvalue weighted by Crippen LogP contribution is 2.30. The number of amides is 1. The fourth-order valence-electron chi connectivity index (χ4n) is 3.41. The number of rotatable bonds is 6. The molecule has 1 fully saturated rings. The lowest BCUT2D eigenvalue weighted by Gasteiger charge is -2.15. The molecular formula is C18H25N3O. The van der Waals surface area contributed by atoms with E-state index >= 15 is 0 Å². The van der Waals surface area contributed by atoms with Gasteiger partial charge in [-0.1, -0.05) is 31.9 Å². The molecule has 0 radical (unpaired) electrons. The number of fused-ring (bicyclic) bond motifs is 1. The first-order chi connectivity index (χ1) is 10.7. The minimum Gasteiger partial charge on any atom is -0.342 e. The number of para-hydroxylation sites is 2. The number of benzene rings is 1. The minimum atomic E-state index is 0.237. The molecule has 4 nitrogen and oxygen atoms in total. The monoisotopic (exact) mass is 299 g/mol. The first-order valence-electron chi connectivity index (χ1n) is 8.47. The predicted molar refractivity (Wildman–Crippen MR) is 88.9 cm³/mol. The smallest absolute Gasteiger partial charge is 0.223 e. The van der Waals surface area contributed by atoms with Crippen molar-refractivity contribution in [1.82, 2.24) is 14.5 Å². The second-order valence-electron chi connectivity index (χ2n) is 6.15. The molecular weight excluding hydrogens is 274 g/mol. The molecule has 1 aliphatic heterocycles. The molecule has 2 aromatic rings. The summed E-state index contributed by atoms with van der Waals surface area (Å²) in [5, 5.41) is 0. The van der Waals surface area contributed by atoms with E-state index in [9.17, 15) is 4.79 Å². The zero-order chi connectivity index (χ0) is 15.5. The third kappa shape index (κ3) is 2.74. The molecule has 0 bridgehead atoms. The van der Waals surface area contributed by atoms with E-state index < -0.39 is 0 Å². The highest BCUT2D eigenvalue weighted by Gasteiger charge is 2.32. The Morgan fingerprint density at radius 2 is 2.05 bits per heavy atom. The predicted octanol–water partition coefficient (Wildman–Crippen LogP) is 3.56. The van der Waals surface area contributed by atoms with Crippen molar-refractivity contribution in [1.29, 1.82) is 0 Å². The number of aromatic nitrogens is 2. The molecule has 1 saturated heterocycles. The number of aryl methyl sites for hydroxylation is 1. The Kier molecular flexibility index (Phi) is 4.46. The van der Waals surface area contributed by atoms with Crippen LogP contribution in [-0.4, -0.2) is 33.4 Å². The van der Waals surface area contributed by atoms with Gasteiger partial charge >= 0.3 is 0 Å². The molecule has 118 valence electrons. The molecule has 1 atom stereocenters. The van der Waals surface area contributed by atoms with Crippen LogP contribution < -0.4 is 0 Å². The van der Waals surface area contributed by atoms with Crippen molar-refractivity contribution in [3.8, 4) is 0 Å². The lowest BCUT2D eigenvalue weighted by molar-refractivity contribution is -0.127. The van der Waals surface area contributed by atoms with Crippen LogP contribution >= 0.6 is 0 Å². The van der Waals surface area contributed by atoms with E-state index in [-0.39, 0.29) is 11.8 Å². The van der Waals surface area contributed by atoms with Crippen molar-refractivity contribution in [2.75, 3.05) is 13.1 Å². The molecule has 0 spiro atoms. The van der Waals surface area contributed by atoms with Gasteiger partial charge in [-0.25, -0.2) is 4.98 Å². The highest BCUT2D eigenvalue weighted by molar-refractivity contribution is 5.80. The molecule has 1 unspecified atom stereocenters. The second-order valence-corrected chi connectivity index (χ2v) is 6.15. The third-order valence-corrected chi connectivity index (χ3v) is 4.63. The number of nitrogens with zero attached hydrogens (tertiary/aromatic N) is 3. The number of carbonyl (C=O) groups excluding carboxylic acids is 1. The number of unbranched alkanes of at least 4 members (excludes halogenated alkanes) is 2. The summed E-state index contributed by atoms with van der Waals surface area (Å²) in [7, 11) is 0. The zero-order valence-corrected chi connectivity index (χ0v) is 13.6. The molecule has 0 N–H and O–H groups in total. The van der Waals surface area contributed by atoms with Crippen LogP contribution in [0.1, 0.15) is 51.3 Å². The van der Waals surface area contributed by atoms with Crippen molar-refractivity contribution >= 4 is 16.9 Å². The Hall–Kier alpha value is -1.84. The quantitative estimate of drug-likeness (QED) is 0.765. The topological polar surface area (TPSA) is 38.1 Å². The summed E-state index contributed by atoms with van der Waals surface area (Å²) in [6.07, 6.45) is 4.22. The molecule has 2 heterocycles. The fourth-order valence-corrected chi connectivity index (χ4v) is 3.41. The fraction of sp³-hybridized carbons (Fsp3) is 0.556. The van der Waals surface area contributed by atoms with Crippen LogP contribution in [0, 0.1) is 0 Å². The van der Waals surface area contributed by atoms with Gasteiger partial charge in [0.05, 0.1) is 11.0 Å². The molecule has 4 heteroatoms. The maximum atomic E-state index is 12.1. The van der Waals surface area contributed by atoms with Gasteiger partial charge in [0.25, 0.3) is 0 Å². The molecule has 1 amide bonds. The third-order valence-electron chi connectivity index (χ3n) is 4.63. The van der Waals surface area contributed by atoms with Crippen LogP contribution in [0.25, 0.3) is 11.0 Å². The van der Waals surface area contributed by atoms with Gasteiger partial charge in [-0.2, -0.15) is 0 Å². The van der Waals surface area contributed by atoms with E-state index in [4.69, 9.17) is 4.98 Å². The Morgan fingerprint density at radius 3 is 2.77 bits per heavy atom. The molecule has 3 rings (SSSR count). The average molecular weight is 299 g/mol. The number of hydrogen-bond acceptors (Lipinski definition) is 2. The van der Waals surface area contributed by atoms with Gasteiger partial charge in [-0.05, 0) is 25.5 Å². The molecule has 1 aliphatic rings. The van der Waals surface area contributed by atoms with Crippen LogP contribution in [0.3, 0.4) is 0 Å². The normalized spacial score (nSPS) is 18.5. The first-order valence-corrected chi connectivity index (χ1v) is 8.47. The molecule has 22 heavy (non-hydrogen) atoms. The number of hydrogen-bond donors (Lipinski definition) is 0. The molecule has 0 saturated carbocycles. The maximum Gasteiger partial charge on any atom is 0.223 e. The van der Waals surface area contributed by atoms with Gasteiger partial charge in [0.15, 0.2) is 0 Å². The Morgan fingerprint density at radius 1 is 1.23 bits per heavy atom. The average Bonchev–Trinajstić information content (AvgIpc) is 3.08. The molecule has 1 aromatic heterocycles. The van der Waals surface area contributed by atoms with Crippen molar-refractivity contribution in [3.63, 3.8) is 0 Å². The van der Waals surface area contributed by atoms with Crippen LogP contribution in [0.5, 0.6) is 0 Å². The van der Waals surface area contributed by atoms with Crippen molar-refractivity contribution < 1.29 is 4.79 Å². The van der Waals surface area contributed by atoms with Crippen molar-refractivity contribution in [2.24, 2.45) is 0 Å². The van der Waals surface area contributed by atoms with Gasteiger partial charge in [-0.15, -0.1) is 0 Å². The van der Waals surface area contributed by atoms with Crippen molar-refractivity contribution in [3.05, 3.63) is 30.1 Å². The summed E-state index contributed by atoms with van der Waals surface area (Å²) in [6, 6.07) is 8.32. The van der Waals surface area contributed by atoms with Gasteiger partial charge in [-0.3, -0.25) is 4.79 Å². The zero-order valence-electron chi connectivity index (χ0n) is 13.6. The van der Waals surface area contributed by atoms with Crippen LogP contribution in [0.15, 0.2) is 24.3 Å². The molecule has 0 aliphatic carbocycles. The minimum absolute atomic E-state index is 0.237. The standard InChI is InChI=1S/C18H25N3O/c1-3-5-8-11-21-16-10-7-6-9-15(16)19-18(21)14-12-17(22)20(4-2)13-14/h6-7,9-10,14H,3-5,8,11-13H2,1-2H3. The van der Waals surface area contributed by atoms with E-state index in [1.807, 2.05) is 17.9 Å². The van der Waals surface area contributed by atoms with Crippen molar-refractivity contribution in [2.45, 2.75) is 52.0 Å². The lowest BCUT2D eigenvalue weighted by Crippen LogP contribution is -2.24. The summed E-state index contributed by atoms with van der Waals surface area (Å²) < 4.78 is 2.35. The number of carbonyl (C=O) groups is 1. The van der Waals surface area contributed by atoms with Gasteiger partial charge < -0.3 is 9.47 Å². The van der Waals surface area contributed by atoms with Gasteiger partial charge in [0.1, 0.15) is 5.82 Å². The Bertz CT molecular complexity index is 661. The summed E-state index contributed by atoms with van der Waals surface area (Å²) in [4.78, 5) is 18.9. The summed E-state index contributed by atoms with van der Waals surface area (Å²) >= 11 is 0. The number of likely N-dealkylation sites (N-methyl/N-ethyl adjacent to an activating group) is 1. The summed E-state index contributed by atoms with van der Waals surface area (Å²) in [5.74, 6) is 1.60. The Labute approximate surface area is 132 Å². The van der Waals surface area contributed by atoms with Crippen LogP contribution in [0.4, 0.5) is 0 Å². The number of likely N-dealkylation sites (tertiary alicyclic amines) is 1. The van der Waals surface area contributed by atoms with Gasteiger partial charge in [0, 0.05) is 32.0 Å². The van der Waals surface area contributed by atoms with E-state index in [1.54, 1.807) is 0 Å². The van der Waals surface area contributed by atoms with E-state index in [0.29, 0.717) is 6.42 Å². The van der Waals surface area contributed by atoms with E-state index in [1.165, 1.54) is 24.8 Å². The Balaban J connectivity index is 1.94. The lowest BCUT2D eigenvalue weighted by atomic mass is 10.1. The highest BCUT2D eigenvalue weighted by atomic mass is 16.2. The van der Waals surface area contributed by atoms with E-state index in [0.717, 1.165) is 31.0 Å². The molecule has 1 aromatic carbocycles. The van der Waals surface area contributed by atoms with Gasteiger partial charge in [0.2, 0.25) is 5.91 Å². The largest absolute Gasteiger partial charge is 0.342 e. The summed E-state index contributed by atoms with van der Waals surface area (Å²) in [6.45, 7) is 6.88. The number of imidazole rings is 1. The van der Waals surface area contributed by atoms with Crippen LogP contribution in [-0.2, 0) is 11.3 Å². The summed E-state index contributed by atoms with van der Waals surface area (Å²) in [5.41, 5.74) is 2.26. The van der Waals surface area contributed by atoms with Crippen LogP contribution in [0.2, 0.25) is 0 Å². The first kappa shape index (κ1) is 15.1. The SMILES string of the molecule is CCCCCn1c(C2CC(=O)N(CC)C2)nc2ccccc21. The maximum absolute atomic E-state index is 12.1. The second kappa shape index (κ2) is 6.51.